The van der Waals surface area contributed by atoms with Gasteiger partial charge in [0.1, 0.15) is 12.4 Å². The molecule has 4 aromatic rings. The summed E-state index contributed by atoms with van der Waals surface area (Å²) >= 11 is 0. The van der Waals surface area contributed by atoms with Crippen molar-refractivity contribution in [3.8, 4) is 17.0 Å². The Kier molecular flexibility index (Phi) is 7.58. The molecule has 1 aromatic heterocycles. The molecule has 0 unspecified atom stereocenters. The molecular weight excluding hydrogens is 467 g/mol. The van der Waals surface area contributed by atoms with Gasteiger partial charge in [-0.1, -0.05) is 48.5 Å². The summed E-state index contributed by atoms with van der Waals surface area (Å²) < 4.78 is 49.7. The number of esters is 1. The molecule has 36 heavy (non-hydrogen) atoms. The predicted molar refractivity (Wildman–Crippen MR) is 133 cm³/mol. The van der Waals surface area contributed by atoms with Gasteiger partial charge in [-0.2, -0.15) is 13.2 Å². The number of carbonyl (C=O) groups is 1. The predicted octanol–water partition coefficient (Wildman–Crippen LogP) is 7.30. The van der Waals surface area contributed by atoms with E-state index in [0.29, 0.717) is 30.7 Å². The third-order valence-corrected chi connectivity index (χ3v) is 5.96. The lowest BCUT2D eigenvalue weighted by molar-refractivity contribution is -0.143. The summed E-state index contributed by atoms with van der Waals surface area (Å²) in [5.74, 6) is 0.501. The Bertz CT molecular complexity index is 1360. The molecule has 0 amide bonds. The summed E-state index contributed by atoms with van der Waals surface area (Å²) in [7, 11) is 0. The number of nitrogens with zero attached hydrogens (tertiary/aromatic N) is 1. The molecule has 0 aliphatic heterocycles. The van der Waals surface area contributed by atoms with Gasteiger partial charge in [-0.15, -0.1) is 0 Å². The number of carbonyl (C=O) groups excluding carboxylic acids is 1. The molecule has 0 bridgehead atoms. The Hall–Kier alpha value is -3.87. The van der Waals surface area contributed by atoms with Crippen molar-refractivity contribution in [2.24, 2.45) is 0 Å². The molecule has 1 heterocycles. The van der Waals surface area contributed by atoms with Gasteiger partial charge in [0.25, 0.3) is 0 Å². The zero-order valence-corrected chi connectivity index (χ0v) is 20.1. The van der Waals surface area contributed by atoms with Crippen molar-refractivity contribution in [3.05, 3.63) is 95.2 Å². The van der Waals surface area contributed by atoms with Crippen molar-refractivity contribution in [2.75, 3.05) is 6.61 Å². The largest absolute Gasteiger partial charge is 0.488 e. The molecule has 186 valence electrons. The quantitative estimate of drug-likeness (QED) is 0.242. The topological polar surface area (TPSA) is 48.4 Å². The number of alkyl halides is 3. The van der Waals surface area contributed by atoms with E-state index in [0.717, 1.165) is 45.5 Å². The first-order valence-electron chi connectivity index (χ1n) is 11.7. The zero-order chi connectivity index (χ0) is 25.7. The lowest BCUT2D eigenvalue weighted by Gasteiger charge is -2.14. The smallest absolute Gasteiger partial charge is 0.416 e. The molecule has 4 nitrogen and oxygen atoms in total. The monoisotopic (exact) mass is 493 g/mol. The van der Waals surface area contributed by atoms with E-state index < -0.39 is 11.7 Å². The number of halogens is 3. The molecule has 7 heteroatoms. The number of rotatable bonds is 8. The van der Waals surface area contributed by atoms with E-state index in [4.69, 9.17) is 9.47 Å². The van der Waals surface area contributed by atoms with Crippen LogP contribution in [-0.2, 0) is 28.7 Å². The number of ether oxygens (including phenoxy) is 2. The lowest BCUT2D eigenvalue weighted by Crippen LogP contribution is -2.05. The Morgan fingerprint density at radius 3 is 2.25 bits per heavy atom. The molecule has 0 saturated heterocycles. The fourth-order valence-corrected chi connectivity index (χ4v) is 4.04. The maximum Gasteiger partial charge on any atom is 0.416 e. The van der Waals surface area contributed by atoms with E-state index in [1.807, 2.05) is 49.4 Å². The second-order valence-corrected chi connectivity index (χ2v) is 8.38. The van der Waals surface area contributed by atoms with E-state index in [-0.39, 0.29) is 12.6 Å². The minimum absolute atomic E-state index is 0.218. The van der Waals surface area contributed by atoms with Gasteiger partial charge < -0.3 is 9.47 Å². The van der Waals surface area contributed by atoms with Gasteiger partial charge in [0, 0.05) is 28.6 Å². The fraction of sp³-hybridized carbons (Fsp3) is 0.241. The van der Waals surface area contributed by atoms with Crippen molar-refractivity contribution in [1.29, 1.82) is 0 Å². The molecule has 0 aliphatic rings. The SMILES string of the molecule is CCOC(=O)CCc1ccc(OCc2ccc(-c3ccc(C(F)(F)F)cc3)nc2C)c2ccccc12. The van der Waals surface area contributed by atoms with Crippen LogP contribution in [0.25, 0.3) is 22.0 Å². The maximum atomic E-state index is 12.8. The average Bonchev–Trinajstić information content (AvgIpc) is 2.87. The molecule has 0 radical (unpaired) electrons. The molecule has 0 fully saturated rings. The van der Waals surface area contributed by atoms with Gasteiger partial charge in [-0.25, -0.2) is 0 Å². The van der Waals surface area contributed by atoms with Crippen molar-refractivity contribution in [2.45, 2.75) is 39.5 Å². The van der Waals surface area contributed by atoms with Crippen LogP contribution in [0.15, 0.2) is 72.8 Å². The molecule has 0 N–H and O–H groups in total. The number of aryl methyl sites for hydroxylation is 2. The number of aromatic nitrogens is 1. The van der Waals surface area contributed by atoms with E-state index in [1.54, 1.807) is 13.0 Å². The first kappa shape index (κ1) is 25.2. The maximum absolute atomic E-state index is 12.8. The molecule has 0 saturated carbocycles. The van der Waals surface area contributed by atoms with Crippen LogP contribution in [0.4, 0.5) is 13.2 Å². The second-order valence-electron chi connectivity index (χ2n) is 8.38. The van der Waals surface area contributed by atoms with Gasteiger partial charge in [0.05, 0.1) is 17.9 Å². The van der Waals surface area contributed by atoms with E-state index >= 15 is 0 Å². The third-order valence-electron chi connectivity index (χ3n) is 5.96. The highest BCUT2D eigenvalue weighted by Gasteiger charge is 2.30. The highest BCUT2D eigenvalue weighted by atomic mass is 19.4. The van der Waals surface area contributed by atoms with Crippen LogP contribution in [0, 0.1) is 6.92 Å². The van der Waals surface area contributed by atoms with Gasteiger partial charge in [0.2, 0.25) is 0 Å². The van der Waals surface area contributed by atoms with Gasteiger partial charge in [-0.05, 0) is 55.5 Å². The highest BCUT2D eigenvalue weighted by molar-refractivity contribution is 5.91. The van der Waals surface area contributed by atoms with Crippen LogP contribution >= 0.6 is 0 Å². The van der Waals surface area contributed by atoms with Crippen molar-refractivity contribution in [3.63, 3.8) is 0 Å². The lowest BCUT2D eigenvalue weighted by atomic mass is 10.00. The van der Waals surface area contributed by atoms with Crippen LogP contribution in [0.3, 0.4) is 0 Å². The zero-order valence-electron chi connectivity index (χ0n) is 20.1. The molecule has 0 spiro atoms. The fourth-order valence-electron chi connectivity index (χ4n) is 4.04. The van der Waals surface area contributed by atoms with Crippen LogP contribution in [0.1, 0.15) is 35.7 Å². The summed E-state index contributed by atoms with van der Waals surface area (Å²) in [6, 6.07) is 20.4. The molecule has 0 aliphatic carbocycles. The first-order chi connectivity index (χ1) is 17.3. The van der Waals surface area contributed by atoms with Gasteiger partial charge >= 0.3 is 12.1 Å². The Labute approximate surface area is 207 Å². The molecule has 3 aromatic carbocycles. The van der Waals surface area contributed by atoms with Crippen molar-refractivity contribution < 1.29 is 27.4 Å². The Morgan fingerprint density at radius 1 is 0.889 bits per heavy atom. The highest BCUT2D eigenvalue weighted by Crippen LogP contribution is 2.32. The van der Waals surface area contributed by atoms with Crippen LogP contribution < -0.4 is 4.74 Å². The van der Waals surface area contributed by atoms with Gasteiger partial charge in [0.15, 0.2) is 0 Å². The van der Waals surface area contributed by atoms with Crippen LogP contribution in [0.2, 0.25) is 0 Å². The van der Waals surface area contributed by atoms with Crippen LogP contribution in [0.5, 0.6) is 5.75 Å². The number of fused-ring (bicyclic) bond motifs is 1. The Morgan fingerprint density at radius 2 is 1.58 bits per heavy atom. The first-order valence-corrected chi connectivity index (χ1v) is 11.7. The summed E-state index contributed by atoms with van der Waals surface area (Å²) in [6.07, 6.45) is -3.48. The normalized spacial score (nSPS) is 11.5. The minimum atomic E-state index is -4.37. The summed E-state index contributed by atoms with van der Waals surface area (Å²) in [6.45, 7) is 4.30. The van der Waals surface area contributed by atoms with Gasteiger partial charge in [-0.3, -0.25) is 9.78 Å². The number of hydrogen-bond donors (Lipinski definition) is 0. The standard InChI is InChI=1S/C29H26F3NO3/c1-3-35-28(34)17-12-20-11-16-27(25-7-5-4-6-24(20)25)36-18-22-10-15-26(33-19(22)2)21-8-13-23(14-9-21)29(30,31)32/h4-11,13-16H,3,12,17-18H2,1-2H3. The van der Waals surface area contributed by atoms with Crippen LogP contribution in [-0.4, -0.2) is 17.6 Å². The number of pyridine rings is 1. The average molecular weight is 494 g/mol. The number of hydrogen-bond acceptors (Lipinski definition) is 4. The van der Waals surface area contributed by atoms with E-state index in [9.17, 15) is 18.0 Å². The minimum Gasteiger partial charge on any atom is -0.488 e. The molecule has 0 atom stereocenters. The summed E-state index contributed by atoms with van der Waals surface area (Å²) in [5, 5.41) is 1.97. The number of benzene rings is 3. The Balaban J connectivity index is 1.49. The summed E-state index contributed by atoms with van der Waals surface area (Å²) in [5.41, 5.74) is 3.19. The van der Waals surface area contributed by atoms with Crippen molar-refractivity contribution in [1.82, 2.24) is 4.98 Å². The van der Waals surface area contributed by atoms with E-state index in [2.05, 4.69) is 4.98 Å². The molecule has 4 rings (SSSR count). The second kappa shape index (κ2) is 10.8. The third kappa shape index (κ3) is 5.85. The van der Waals surface area contributed by atoms with E-state index in [1.165, 1.54) is 12.1 Å². The molecular formula is C29H26F3NO3. The van der Waals surface area contributed by atoms with Crippen molar-refractivity contribution >= 4 is 16.7 Å². The summed E-state index contributed by atoms with van der Waals surface area (Å²) in [4.78, 5) is 16.4.